The van der Waals surface area contributed by atoms with E-state index < -0.39 is 0 Å². The Morgan fingerprint density at radius 1 is 1.16 bits per heavy atom. The zero-order valence-corrected chi connectivity index (χ0v) is 15.9. The van der Waals surface area contributed by atoms with E-state index in [2.05, 4.69) is 0 Å². The molecule has 1 saturated carbocycles. The summed E-state index contributed by atoms with van der Waals surface area (Å²) in [7, 11) is 0. The Hall–Kier alpha value is -1.42. The van der Waals surface area contributed by atoms with Gasteiger partial charge in [-0.25, -0.2) is 0 Å². The van der Waals surface area contributed by atoms with E-state index in [0.29, 0.717) is 10.0 Å². The lowest BCUT2D eigenvalue weighted by Crippen LogP contribution is -2.37. The minimum atomic E-state index is -0.0200. The summed E-state index contributed by atoms with van der Waals surface area (Å²) in [5.41, 5.74) is 9.89. The fourth-order valence-electron chi connectivity index (χ4n) is 3.70. The van der Waals surface area contributed by atoms with E-state index in [1.807, 2.05) is 35.2 Å². The molecule has 2 atom stereocenters. The smallest absolute Gasteiger partial charge is 0.230 e. The maximum Gasteiger partial charge on any atom is 0.230 e. The van der Waals surface area contributed by atoms with Gasteiger partial charge in [-0.2, -0.15) is 0 Å². The SMILES string of the molecule is Cl.Nc1cccc2c1CCCN2C(=O)C1CC1c1cccc(Cl)c1Cl. The Labute approximate surface area is 163 Å². The largest absolute Gasteiger partial charge is 0.398 e. The number of carbonyl (C=O) groups is 1. The lowest BCUT2D eigenvalue weighted by atomic mass is 9.99. The van der Waals surface area contributed by atoms with Gasteiger partial charge in [0.05, 0.1) is 10.0 Å². The molecular formula is C19H19Cl3N2O. The minimum absolute atomic E-state index is 0. The number of rotatable bonds is 2. The second kappa shape index (κ2) is 7.06. The number of nitrogens with two attached hydrogens (primary N) is 1. The Morgan fingerprint density at radius 3 is 2.72 bits per heavy atom. The molecule has 6 heteroatoms. The molecule has 1 aliphatic carbocycles. The molecule has 2 aromatic rings. The van der Waals surface area contributed by atoms with E-state index in [0.717, 1.165) is 48.3 Å². The highest BCUT2D eigenvalue weighted by atomic mass is 35.5. The predicted molar refractivity (Wildman–Crippen MR) is 106 cm³/mol. The second-order valence-electron chi connectivity index (χ2n) is 6.53. The van der Waals surface area contributed by atoms with Gasteiger partial charge in [-0.05, 0) is 54.5 Å². The third kappa shape index (κ3) is 3.21. The van der Waals surface area contributed by atoms with Crippen LogP contribution in [0.25, 0.3) is 0 Å². The first-order valence-corrected chi connectivity index (χ1v) is 8.96. The van der Waals surface area contributed by atoms with Crippen LogP contribution in [0.3, 0.4) is 0 Å². The molecule has 1 fully saturated rings. The molecule has 3 nitrogen and oxygen atoms in total. The van der Waals surface area contributed by atoms with Crippen LogP contribution in [-0.2, 0) is 11.2 Å². The molecule has 2 N–H and O–H groups in total. The average Bonchev–Trinajstić information content (AvgIpc) is 3.37. The Bertz CT molecular complexity index is 824. The van der Waals surface area contributed by atoms with E-state index in [1.165, 1.54) is 0 Å². The first kappa shape index (κ1) is 18.4. The summed E-state index contributed by atoms with van der Waals surface area (Å²) in [4.78, 5) is 14.9. The summed E-state index contributed by atoms with van der Waals surface area (Å²) < 4.78 is 0. The molecule has 0 saturated heterocycles. The van der Waals surface area contributed by atoms with Crippen molar-refractivity contribution in [1.82, 2.24) is 0 Å². The zero-order valence-electron chi connectivity index (χ0n) is 13.5. The van der Waals surface area contributed by atoms with Crippen molar-refractivity contribution in [2.75, 3.05) is 17.2 Å². The summed E-state index contributed by atoms with van der Waals surface area (Å²) in [6.07, 6.45) is 2.70. The van der Waals surface area contributed by atoms with Crippen LogP contribution in [0.1, 0.15) is 29.9 Å². The van der Waals surface area contributed by atoms with Crippen molar-refractivity contribution in [1.29, 1.82) is 0 Å². The number of hydrogen-bond acceptors (Lipinski definition) is 2. The van der Waals surface area contributed by atoms with Crippen LogP contribution in [0.2, 0.25) is 10.0 Å². The first-order valence-electron chi connectivity index (χ1n) is 8.20. The number of amides is 1. The highest BCUT2D eigenvalue weighted by Crippen LogP contribution is 2.52. The molecule has 1 aliphatic heterocycles. The summed E-state index contributed by atoms with van der Waals surface area (Å²) in [5, 5.41) is 1.12. The number of halogens is 3. The Balaban J connectivity index is 0.00000182. The van der Waals surface area contributed by atoms with E-state index in [4.69, 9.17) is 28.9 Å². The molecule has 0 aromatic heterocycles. The van der Waals surface area contributed by atoms with Gasteiger partial charge in [0.1, 0.15) is 0 Å². The molecule has 2 aliphatic rings. The van der Waals surface area contributed by atoms with Gasteiger partial charge in [-0.3, -0.25) is 4.79 Å². The van der Waals surface area contributed by atoms with Crippen molar-refractivity contribution in [2.24, 2.45) is 5.92 Å². The van der Waals surface area contributed by atoms with Crippen LogP contribution in [0.15, 0.2) is 36.4 Å². The van der Waals surface area contributed by atoms with Crippen LogP contribution >= 0.6 is 35.6 Å². The van der Waals surface area contributed by atoms with E-state index >= 15 is 0 Å². The molecule has 25 heavy (non-hydrogen) atoms. The van der Waals surface area contributed by atoms with Gasteiger partial charge < -0.3 is 10.6 Å². The topological polar surface area (TPSA) is 46.3 Å². The highest BCUT2D eigenvalue weighted by Gasteiger charge is 2.47. The van der Waals surface area contributed by atoms with Crippen molar-refractivity contribution in [3.8, 4) is 0 Å². The van der Waals surface area contributed by atoms with Crippen molar-refractivity contribution in [3.05, 3.63) is 57.6 Å². The molecule has 2 unspecified atom stereocenters. The number of carbonyl (C=O) groups excluding carboxylic acids is 1. The summed E-state index contributed by atoms with van der Waals surface area (Å²) in [6.45, 7) is 0.752. The van der Waals surface area contributed by atoms with Gasteiger partial charge >= 0.3 is 0 Å². The van der Waals surface area contributed by atoms with Crippen molar-refractivity contribution in [2.45, 2.75) is 25.2 Å². The maximum atomic E-state index is 13.0. The van der Waals surface area contributed by atoms with Crippen molar-refractivity contribution < 1.29 is 4.79 Å². The van der Waals surface area contributed by atoms with Gasteiger partial charge in [0.15, 0.2) is 0 Å². The summed E-state index contributed by atoms with van der Waals surface area (Å²) in [5.74, 6) is 0.311. The summed E-state index contributed by atoms with van der Waals surface area (Å²) >= 11 is 12.4. The zero-order chi connectivity index (χ0) is 16.8. The van der Waals surface area contributed by atoms with Gasteiger partial charge in [-0.15, -0.1) is 12.4 Å². The standard InChI is InChI=1S/C19H18Cl2N2O.ClH/c20-15-6-1-4-11(18(15)21)13-10-14(13)19(24)23-9-3-5-12-16(22)7-2-8-17(12)23;/h1-2,4,6-8,13-14H,3,5,9-10,22H2;1H. The molecule has 1 heterocycles. The Morgan fingerprint density at radius 2 is 1.92 bits per heavy atom. The van der Waals surface area contributed by atoms with Gasteiger partial charge in [0.2, 0.25) is 5.91 Å². The van der Waals surface area contributed by atoms with Crippen molar-refractivity contribution in [3.63, 3.8) is 0 Å². The van der Waals surface area contributed by atoms with Gasteiger partial charge in [-0.1, -0.05) is 41.4 Å². The molecule has 0 radical (unpaired) electrons. The van der Waals surface area contributed by atoms with E-state index in [-0.39, 0.29) is 30.2 Å². The second-order valence-corrected chi connectivity index (χ2v) is 7.32. The third-order valence-electron chi connectivity index (χ3n) is 5.04. The van der Waals surface area contributed by atoms with Crippen LogP contribution < -0.4 is 10.6 Å². The summed E-state index contributed by atoms with van der Waals surface area (Å²) in [6, 6.07) is 11.4. The fraction of sp³-hybridized carbons (Fsp3) is 0.316. The predicted octanol–water partition coefficient (Wildman–Crippen LogP) is 5.08. The third-order valence-corrected chi connectivity index (χ3v) is 5.87. The molecule has 2 aromatic carbocycles. The number of fused-ring (bicyclic) bond motifs is 1. The number of benzene rings is 2. The lowest BCUT2D eigenvalue weighted by molar-refractivity contribution is -0.120. The maximum absolute atomic E-state index is 13.0. The normalized spacial score (nSPS) is 21.3. The number of nitrogen functional groups attached to an aromatic ring is 1. The number of anilines is 2. The Kier molecular flexibility index (Phi) is 5.19. The highest BCUT2D eigenvalue weighted by molar-refractivity contribution is 6.42. The first-order chi connectivity index (χ1) is 11.6. The minimum Gasteiger partial charge on any atom is -0.398 e. The van der Waals surface area contributed by atoms with Crippen molar-refractivity contribution >= 4 is 52.9 Å². The quantitative estimate of drug-likeness (QED) is 0.718. The average molecular weight is 398 g/mol. The molecule has 132 valence electrons. The number of hydrogen-bond donors (Lipinski definition) is 1. The fourth-order valence-corrected chi connectivity index (χ4v) is 4.15. The van der Waals surface area contributed by atoms with Crippen LogP contribution in [0, 0.1) is 5.92 Å². The van der Waals surface area contributed by atoms with E-state index in [9.17, 15) is 4.79 Å². The van der Waals surface area contributed by atoms with E-state index in [1.54, 1.807) is 6.07 Å². The molecule has 1 amide bonds. The molecular weight excluding hydrogens is 379 g/mol. The molecule has 0 spiro atoms. The molecule has 0 bridgehead atoms. The van der Waals surface area contributed by atoms with Gasteiger partial charge in [0, 0.05) is 23.8 Å². The van der Waals surface area contributed by atoms with Gasteiger partial charge in [0.25, 0.3) is 0 Å². The van der Waals surface area contributed by atoms with Crippen LogP contribution in [0.4, 0.5) is 11.4 Å². The number of nitrogens with zero attached hydrogens (tertiary/aromatic N) is 1. The lowest BCUT2D eigenvalue weighted by Gasteiger charge is -2.30. The van der Waals surface area contributed by atoms with Crippen LogP contribution in [-0.4, -0.2) is 12.5 Å². The monoisotopic (exact) mass is 396 g/mol. The van der Waals surface area contributed by atoms with Crippen LogP contribution in [0.5, 0.6) is 0 Å². The molecule has 4 rings (SSSR count).